The molecule has 0 fully saturated rings. The first-order valence-electron chi connectivity index (χ1n) is 18.4. The normalized spacial score (nSPS) is 11.3. The number of rotatable bonds is 7. The van der Waals surface area contributed by atoms with Gasteiger partial charge < -0.3 is 4.42 Å². The first-order valence-corrected chi connectivity index (χ1v) is 18.4. The zero-order valence-electron chi connectivity index (χ0n) is 29.8. The molecule has 0 aliphatic rings. The van der Waals surface area contributed by atoms with Crippen molar-refractivity contribution < 1.29 is 4.42 Å². The molecule has 10 rings (SSSR count). The minimum Gasteiger partial charge on any atom is -0.456 e. The van der Waals surface area contributed by atoms with Gasteiger partial charge in [0, 0.05) is 27.5 Å². The van der Waals surface area contributed by atoms with Crippen molar-refractivity contribution in [1.82, 2.24) is 15.0 Å². The van der Waals surface area contributed by atoms with Crippen LogP contribution in [0, 0.1) is 0 Å². The highest BCUT2D eigenvalue weighted by molar-refractivity contribution is 6.12. The highest BCUT2D eigenvalue weighted by Crippen LogP contribution is 2.38. The van der Waals surface area contributed by atoms with E-state index in [1.807, 2.05) is 36.4 Å². The topological polar surface area (TPSA) is 51.8 Å². The molecule has 0 amide bonds. The second-order valence-electron chi connectivity index (χ2n) is 13.6. The van der Waals surface area contributed by atoms with Crippen LogP contribution in [0.5, 0.6) is 0 Å². The van der Waals surface area contributed by atoms with Gasteiger partial charge in [-0.3, -0.25) is 0 Å². The molecule has 0 aliphatic heterocycles. The summed E-state index contributed by atoms with van der Waals surface area (Å²) < 4.78 is 6.24. The molecular weight excluding hydrogens is 671 g/mol. The lowest BCUT2D eigenvalue weighted by Crippen LogP contribution is -2.01. The van der Waals surface area contributed by atoms with Crippen LogP contribution in [0.15, 0.2) is 205 Å². The van der Waals surface area contributed by atoms with Crippen LogP contribution in [-0.4, -0.2) is 15.0 Å². The highest BCUT2D eigenvalue weighted by Gasteiger charge is 2.18. The van der Waals surface area contributed by atoms with Gasteiger partial charge in [-0.05, 0) is 68.8 Å². The molecule has 0 aliphatic carbocycles. The van der Waals surface area contributed by atoms with E-state index in [4.69, 9.17) is 19.4 Å². The van der Waals surface area contributed by atoms with Crippen molar-refractivity contribution in [1.29, 1.82) is 0 Å². The monoisotopic (exact) mass is 703 g/mol. The molecule has 0 bridgehead atoms. The van der Waals surface area contributed by atoms with Gasteiger partial charge in [0.25, 0.3) is 0 Å². The van der Waals surface area contributed by atoms with E-state index in [-0.39, 0.29) is 0 Å². The predicted molar refractivity (Wildman–Crippen MR) is 225 cm³/mol. The minimum atomic E-state index is 0.603. The summed E-state index contributed by atoms with van der Waals surface area (Å²) in [6.07, 6.45) is 0. The highest BCUT2D eigenvalue weighted by atomic mass is 16.3. The number of fused-ring (bicyclic) bond motifs is 3. The molecule has 258 valence electrons. The second kappa shape index (κ2) is 13.8. The van der Waals surface area contributed by atoms with Gasteiger partial charge in [-0.1, -0.05) is 176 Å². The number of furan rings is 1. The predicted octanol–water partition coefficient (Wildman–Crippen LogP) is 13.4. The molecule has 55 heavy (non-hydrogen) atoms. The maximum absolute atomic E-state index is 6.24. The number of nitrogens with zero attached hydrogens (tertiary/aromatic N) is 3. The molecular formula is C51H33N3O. The van der Waals surface area contributed by atoms with Crippen LogP contribution in [0.4, 0.5) is 0 Å². The van der Waals surface area contributed by atoms with Crippen molar-refractivity contribution in [2.75, 3.05) is 0 Å². The fourth-order valence-corrected chi connectivity index (χ4v) is 7.47. The Labute approximate surface area is 319 Å². The van der Waals surface area contributed by atoms with Crippen molar-refractivity contribution >= 4 is 21.9 Å². The molecule has 0 saturated carbocycles. The minimum absolute atomic E-state index is 0.603. The Kier molecular flexibility index (Phi) is 8.12. The van der Waals surface area contributed by atoms with E-state index in [9.17, 15) is 0 Å². The average Bonchev–Trinajstić information content (AvgIpc) is 3.66. The molecule has 2 aromatic heterocycles. The molecule has 0 spiro atoms. The summed E-state index contributed by atoms with van der Waals surface area (Å²) in [4.78, 5) is 15.6. The summed E-state index contributed by atoms with van der Waals surface area (Å²) in [5.74, 6) is 1.83. The van der Waals surface area contributed by atoms with Crippen LogP contribution in [0.2, 0.25) is 0 Å². The number of hydrogen-bond acceptors (Lipinski definition) is 4. The zero-order chi connectivity index (χ0) is 36.6. The SMILES string of the molecule is c1ccc(-c2ccc(-c3cccc(-c4nc(-c5cccc(-c6cccc7oc8ccccc8c67)c5)nc(-c5ccccc5-c5ccccc5)n4)c3)cc2)cc1. The molecule has 0 atom stereocenters. The number of para-hydroxylation sites is 1. The molecule has 0 unspecified atom stereocenters. The van der Waals surface area contributed by atoms with Gasteiger partial charge >= 0.3 is 0 Å². The second-order valence-corrected chi connectivity index (χ2v) is 13.6. The third-order valence-electron chi connectivity index (χ3n) is 10.2. The Balaban J connectivity index is 1.12. The van der Waals surface area contributed by atoms with Crippen molar-refractivity contribution in [3.63, 3.8) is 0 Å². The maximum atomic E-state index is 6.24. The van der Waals surface area contributed by atoms with Crippen molar-refractivity contribution in [3.8, 4) is 78.7 Å². The van der Waals surface area contributed by atoms with Crippen LogP contribution in [0.1, 0.15) is 0 Å². The number of benzene rings is 8. The van der Waals surface area contributed by atoms with Crippen molar-refractivity contribution in [2.24, 2.45) is 0 Å². The summed E-state index contributed by atoms with van der Waals surface area (Å²) in [5.41, 5.74) is 13.4. The van der Waals surface area contributed by atoms with E-state index < -0.39 is 0 Å². The van der Waals surface area contributed by atoms with Gasteiger partial charge in [0.05, 0.1) is 0 Å². The maximum Gasteiger partial charge on any atom is 0.164 e. The lowest BCUT2D eigenvalue weighted by Gasteiger charge is -2.13. The summed E-state index contributed by atoms with van der Waals surface area (Å²) in [7, 11) is 0. The van der Waals surface area contributed by atoms with E-state index in [1.165, 1.54) is 11.1 Å². The standard InChI is InChI=1S/C51H33N3O/c1-3-14-34(15-4-1)35-28-30-36(31-29-35)38-18-11-20-40(32-38)49-52-50(54-51(53-49)44-23-8-7-22-42(44)37-16-5-2-6-17-37)41-21-12-19-39(33-41)43-25-13-27-47-48(43)45-24-9-10-26-46(45)55-47/h1-33H. The summed E-state index contributed by atoms with van der Waals surface area (Å²) in [6, 6.07) is 69.3. The average molecular weight is 704 g/mol. The lowest BCUT2D eigenvalue weighted by atomic mass is 9.97. The van der Waals surface area contributed by atoms with Crippen LogP contribution < -0.4 is 0 Å². The van der Waals surface area contributed by atoms with E-state index >= 15 is 0 Å². The Morgan fingerprint density at radius 3 is 1.45 bits per heavy atom. The Morgan fingerprint density at radius 2 is 0.727 bits per heavy atom. The largest absolute Gasteiger partial charge is 0.456 e. The Morgan fingerprint density at radius 1 is 0.273 bits per heavy atom. The zero-order valence-corrected chi connectivity index (χ0v) is 29.8. The Hall–Kier alpha value is -7.43. The molecule has 4 nitrogen and oxygen atoms in total. The van der Waals surface area contributed by atoms with Crippen LogP contribution in [-0.2, 0) is 0 Å². The molecule has 2 heterocycles. The fourth-order valence-electron chi connectivity index (χ4n) is 7.47. The third-order valence-corrected chi connectivity index (χ3v) is 10.2. The molecule has 4 heteroatoms. The Bertz CT molecular complexity index is 2970. The van der Waals surface area contributed by atoms with Crippen LogP contribution in [0.3, 0.4) is 0 Å². The van der Waals surface area contributed by atoms with E-state index in [0.717, 1.165) is 72.0 Å². The number of hydrogen-bond donors (Lipinski definition) is 0. The van der Waals surface area contributed by atoms with E-state index in [1.54, 1.807) is 0 Å². The van der Waals surface area contributed by atoms with Gasteiger partial charge in [0.2, 0.25) is 0 Å². The quantitative estimate of drug-likeness (QED) is 0.166. The van der Waals surface area contributed by atoms with Gasteiger partial charge in [0.15, 0.2) is 17.5 Å². The smallest absolute Gasteiger partial charge is 0.164 e. The molecule has 0 N–H and O–H groups in total. The fraction of sp³-hybridized carbons (Fsp3) is 0. The van der Waals surface area contributed by atoms with Gasteiger partial charge in [-0.2, -0.15) is 0 Å². The first kappa shape index (κ1) is 32.2. The van der Waals surface area contributed by atoms with Crippen molar-refractivity contribution in [2.45, 2.75) is 0 Å². The van der Waals surface area contributed by atoms with Crippen molar-refractivity contribution in [3.05, 3.63) is 200 Å². The first-order chi connectivity index (χ1) is 27.2. The van der Waals surface area contributed by atoms with Gasteiger partial charge in [-0.25, -0.2) is 15.0 Å². The summed E-state index contributed by atoms with van der Waals surface area (Å²) >= 11 is 0. The molecule has 10 aromatic rings. The van der Waals surface area contributed by atoms with Crippen LogP contribution >= 0.6 is 0 Å². The lowest BCUT2D eigenvalue weighted by molar-refractivity contribution is 0.669. The summed E-state index contributed by atoms with van der Waals surface area (Å²) in [6.45, 7) is 0. The van der Waals surface area contributed by atoms with Gasteiger partial charge in [-0.15, -0.1) is 0 Å². The van der Waals surface area contributed by atoms with Crippen LogP contribution in [0.25, 0.3) is 101 Å². The van der Waals surface area contributed by atoms with E-state index in [0.29, 0.717) is 17.5 Å². The third kappa shape index (κ3) is 6.16. The van der Waals surface area contributed by atoms with Gasteiger partial charge in [0.1, 0.15) is 11.2 Å². The molecule has 0 radical (unpaired) electrons. The number of aromatic nitrogens is 3. The molecule has 8 aromatic carbocycles. The molecule has 0 saturated heterocycles. The summed E-state index contributed by atoms with van der Waals surface area (Å²) in [5, 5.41) is 2.19. The van der Waals surface area contributed by atoms with E-state index in [2.05, 4.69) is 164 Å².